The first-order valence-corrected chi connectivity index (χ1v) is 9.81. The SMILES string of the molecule is O=C(NN=Cc1ccc(-c2cccc(C(F)(F)F)c2)o1)c1cc2cc([N+](=O)[O-])ccc2s1. The summed E-state index contributed by atoms with van der Waals surface area (Å²) in [4.78, 5) is 23.0. The lowest BCUT2D eigenvalue weighted by molar-refractivity contribution is -0.384. The van der Waals surface area contributed by atoms with Gasteiger partial charge >= 0.3 is 6.18 Å². The molecule has 0 aliphatic heterocycles. The van der Waals surface area contributed by atoms with Gasteiger partial charge in [0.1, 0.15) is 11.5 Å². The fourth-order valence-electron chi connectivity index (χ4n) is 2.89. The van der Waals surface area contributed by atoms with Crippen molar-refractivity contribution >= 4 is 39.2 Å². The molecular weight excluding hydrogens is 447 g/mol. The summed E-state index contributed by atoms with van der Waals surface area (Å²) in [6.45, 7) is 0. The number of carbonyl (C=O) groups is 1. The van der Waals surface area contributed by atoms with Crippen LogP contribution in [0.5, 0.6) is 0 Å². The molecule has 0 aliphatic carbocycles. The Balaban J connectivity index is 1.45. The molecular formula is C21H12F3N3O4S. The molecule has 1 amide bonds. The third-order valence-corrected chi connectivity index (χ3v) is 5.51. The largest absolute Gasteiger partial charge is 0.455 e. The number of hydrazone groups is 1. The standard InChI is InChI=1S/C21H12F3N3O4S/c22-21(23,24)14-3-1-2-12(8-14)17-6-5-16(31-17)11-25-26-20(28)19-10-13-9-15(27(29)30)4-7-18(13)32-19/h1-11H,(H,26,28). The molecule has 0 unspecified atom stereocenters. The maximum Gasteiger partial charge on any atom is 0.416 e. The predicted octanol–water partition coefficient (Wildman–Crippen LogP) is 5.85. The van der Waals surface area contributed by atoms with Crippen molar-refractivity contribution in [1.29, 1.82) is 0 Å². The Morgan fingerprint density at radius 1 is 1.12 bits per heavy atom. The van der Waals surface area contributed by atoms with Crippen LogP contribution in [0.1, 0.15) is 21.0 Å². The van der Waals surface area contributed by atoms with E-state index in [1.165, 1.54) is 48.7 Å². The average molecular weight is 459 g/mol. The van der Waals surface area contributed by atoms with Gasteiger partial charge in [0.2, 0.25) is 0 Å². The molecule has 162 valence electrons. The van der Waals surface area contributed by atoms with Crippen molar-refractivity contribution in [2.75, 3.05) is 0 Å². The van der Waals surface area contributed by atoms with E-state index in [1.54, 1.807) is 6.07 Å². The molecule has 2 heterocycles. The topological polar surface area (TPSA) is 97.7 Å². The normalized spacial score (nSPS) is 11.8. The summed E-state index contributed by atoms with van der Waals surface area (Å²) in [6, 6.07) is 13.6. The first kappa shape index (κ1) is 21.2. The number of hydrogen-bond acceptors (Lipinski definition) is 6. The maximum atomic E-state index is 12.9. The number of non-ortho nitro benzene ring substituents is 1. The van der Waals surface area contributed by atoms with Crippen LogP contribution in [-0.2, 0) is 6.18 Å². The fraction of sp³-hybridized carbons (Fsp3) is 0.0476. The van der Waals surface area contributed by atoms with Crippen LogP contribution in [0.2, 0.25) is 0 Å². The van der Waals surface area contributed by atoms with Crippen molar-refractivity contribution in [3.8, 4) is 11.3 Å². The zero-order valence-corrected chi connectivity index (χ0v) is 16.7. The predicted molar refractivity (Wildman–Crippen MR) is 113 cm³/mol. The number of amides is 1. The summed E-state index contributed by atoms with van der Waals surface area (Å²) < 4.78 is 44.8. The van der Waals surface area contributed by atoms with Gasteiger partial charge in [-0.3, -0.25) is 14.9 Å². The molecule has 0 atom stereocenters. The summed E-state index contributed by atoms with van der Waals surface area (Å²) in [6.07, 6.45) is -3.25. The first-order chi connectivity index (χ1) is 15.2. The highest BCUT2D eigenvalue weighted by Gasteiger charge is 2.30. The van der Waals surface area contributed by atoms with Crippen LogP contribution in [0, 0.1) is 10.1 Å². The second-order valence-corrected chi connectivity index (χ2v) is 7.65. The number of thiophene rings is 1. The Kier molecular flexibility index (Phi) is 5.49. The van der Waals surface area contributed by atoms with Gasteiger partial charge < -0.3 is 4.42 Å². The van der Waals surface area contributed by atoms with Crippen LogP contribution in [0.25, 0.3) is 21.4 Å². The Labute approximate surface area is 181 Å². The van der Waals surface area contributed by atoms with E-state index >= 15 is 0 Å². The number of furan rings is 1. The molecule has 0 saturated heterocycles. The van der Waals surface area contributed by atoms with Gasteiger partial charge in [-0.25, -0.2) is 5.43 Å². The number of alkyl halides is 3. The number of nitrogens with zero attached hydrogens (tertiary/aromatic N) is 2. The third-order valence-electron chi connectivity index (χ3n) is 4.39. The highest BCUT2D eigenvalue weighted by molar-refractivity contribution is 7.20. The number of halogens is 3. The summed E-state index contributed by atoms with van der Waals surface area (Å²) in [7, 11) is 0. The minimum atomic E-state index is -4.46. The van der Waals surface area contributed by atoms with Crippen LogP contribution in [0.3, 0.4) is 0 Å². The highest BCUT2D eigenvalue weighted by Crippen LogP contribution is 2.32. The molecule has 2 aromatic carbocycles. The van der Waals surface area contributed by atoms with E-state index in [-0.39, 0.29) is 22.8 Å². The Bertz CT molecular complexity index is 1360. The number of nitro groups is 1. The average Bonchev–Trinajstić information content (AvgIpc) is 3.39. The molecule has 0 bridgehead atoms. The van der Waals surface area contributed by atoms with E-state index in [2.05, 4.69) is 10.5 Å². The van der Waals surface area contributed by atoms with Gasteiger partial charge in [-0.05, 0) is 36.4 Å². The van der Waals surface area contributed by atoms with Crippen LogP contribution >= 0.6 is 11.3 Å². The van der Waals surface area contributed by atoms with Crippen LogP contribution < -0.4 is 5.43 Å². The lowest BCUT2D eigenvalue weighted by atomic mass is 10.1. The number of nitro benzene ring substituents is 1. The van der Waals surface area contributed by atoms with Crippen molar-refractivity contribution in [3.63, 3.8) is 0 Å². The van der Waals surface area contributed by atoms with Crippen molar-refractivity contribution in [2.45, 2.75) is 6.18 Å². The second-order valence-electron chi connectivity index (χ2n) is 6.57. The molecule has 0 fully saturated rings. The summed E-state index contributed by atoms with van der Waals surface area (Å²) in [5, 5.41) is 15.2. The number of fused-ring (bicyclic) bond motifs is 1. The molecule has 0 saturated carbocycles. The summed E-state index contributed by atoms with van der Waals surface area (Å²) in [5.41, 5.74) is 1.71. The van der Waals surface area contributed by atoms with E-state index < -0.39 is 22.6 Å². The van der Waals surface area contributed by atoms with E-state index in [1.807, 2.05) is 0 Å². The van der Waals surface area contributed by atoms with Crippen molar-refractivity contribution in [2.24, 2.45) is 5.10 Å². The maximum absolute atomic E-state index is 12.9. The van der Waals surface area contributed by atoms with Crippen molar-refractivity contribution < 1.29 is 27.3 Å². The lowest BCUT2D eigenvalue weighted by Gasteiger charge is -2.07. The monoisotopic (exact) mass is 459 g/mol. The number of carbonyl (C=O) groups excluding carboxylic acids is 1. The molecule has 32 heavy (non-hydrogen) atoms. The minimum absolute atomic E-state index is 0.0744. The zero-order valence-electron chi connectivity index (χ0n) is 15.9. The molecule has 11 heteroatoms. The number of rotatable bonds is 5. The van der Waals surface area contributed by atoms with Gasteiger partial charge in [-0.1, -0.05) is 12.1 Å². The van der Waals surface area contributed by atoms with Gasteiger partial charge in [-0.2, -0.15) is 18.3 Å². The molecule has 0 spiro atoms. The molecule has 1 N–H and O–H groups in total. The quantitative estimate of drug-likeness (QED) is 0.230. The minimum Gasteiger partial charge on any atom is -0.455 e. The summed E-state index contributed by atoms with van der Waals surface area (Å²) >= 11 is 1.15. The number of hydrogen-bond donors (Lipinski definition) is 1. The second kappa shape index (κ2) is 8.27. The van der Waals surface area contributed by atoms with Crippen LogP contribution in [0.4, 0.5) is 18.9 Å². The Morgan fingerprint density at radius 3 is 2.69 bits per heavy atom. The molecule has 0 aliphatic rings. The van der Waals surface area contributed by atoms with Gasteiger partial charge in [0, 0.05) is 27.8 Å². The van der Waals surface area contributed by atoms with Gasteiger partial charge in [0.05, 0.1) is 21.6 Å². The highest BCUT2D eigenvalue weighted by atomic mass is 32.1. The zero-order chi connectivity index (χ0) is 22.9. The van der Waals surface area contributed by atoms with Crippen LogP contribution in [0.15, 0.2) is 70.2 Å². The molecule has 7 nitrogen and oxygen atoms in total. The molecule has 2 aromatic heterocycles. The Morgan fingerprint density at radius 2 is 1.94 bits per heavy atom. The third kappa shape index (κ3) is 4.52. The van der Waals surface area contributed by atoms with E-state index in [9.17, 15) is 28.1 Å². The lowest BCUT2D eigenvalue weighted by Crippen LogP contribution is -2.15. The number of nitrogens with one attached hydrogen (secondary N) is 1. The van der Waals surface area contributed by atoms with Gasteiger partial charge in [0.15, 0.2) is 0 Å². The molecule has 4 aromatic rings. The van der Waals surface area contributed by atoms with E-state index in [0.29, 0.717) is 15.0 Å². The van der Waals surface area contributed by atoms with E-state index in [0.717, 1.165) is 23.5 Å². The number of benzene rings is 2. The Hall–Kier alpha value is -3.99. The summed E-state index contributed by atoms with van der Waals surface area (Å²) in [5.74, 6) is -0.0746. The molecule has 4 rings (SSSR count). The van der Waals surface area contributed by atoms with Gasteiger partial charge in [-0.15, -0.1) is 11.3 Å². The van der Waals surface area contributed by atoms with Crippen molar-refractivity contribution in [1.82, 2.24) is 5.43 Å². The van der Waals surface area contributed by atoms with Crippen LogP contribution in [-0.4, -0.2) is 17.0 Å². The first-order valence-electron chi connectivity index (χ1n) is 8.99. The fourth-order valence-corrected chi connectivity index (χ4v) is 3.82. The van der Waals surface area contributed by atoms with E-state index in [4.69, 9.17) is 4.42 Å². The van der Waals surface area contributed by atoms with Crippen molar-refractivity contribution in [3.05, 3.63) is 87.0 Å². The molecule has 0 radical (unpaired) electrons. The smallest absolute Gasteiger partial charge is 0.416 e. The van der Waals surface area contributed by atoms with Gasteiger partial charge in [0.25, 0.3) is 11.6 Å².